The van der Waals surface area contributed by atoms with E-state index in [1.807, 2.05) is 34.6 Å². The molecular weight excluding hydrogens is 354 g/mol. The quantitative estimate of drug-likeness (QED) is 0.733. The van der Waals surface area contributed by atoms with Crippen LogP contribution in [-0.4, -0.2) is 31.9 Å². The minimum Gasteiger partial charge on any atom is -0.472 e. The largest absolute Gasteiger partial charge is 0.472 e. The number of carbonyl (C=O) groups is 1. The molecule has 0 atom stereocenters. The number of thiazole rings is 1. The fraction of sp³-hybridized carbons (Fsp3) is 0.412. The zero-order chi connectivity index (χ0) is 19.0. The maximum atomic E-state index is 12.8. The molecule has 0 radical (unpaired) electrons. The molecule has 0 unspecified atom stereocenters. The topological polar surface area (TPSA) is 95.1 Å². The van der Waals surface area contributed by atoms with Crippen molar-refractivity contribution in [1.29, 1.82) is 0 Å². The molecule has 0 spiro atoms. The summed E-state index contributed by atoms with van der Waals surface area (Å²) in [5.74, 6) is 0.826. The first-order valence-electron chi connectivity index (χ1n) is 8.18. The fourth-order valence-electron chi connectivity index (χ4n) is 2.55. The molecule has 0 saturated heterocycles. The number of amides is 1. The summed E-state index contributed by atoms with van der Waals surface area (Å²) < 4.78 is 12.4. The Hall–Kier alpha value is -2.68. The van der Waals surface area contributed by atoms with Gasteiger partial charge in [0.05, 0.1) is 29.3 Å². The Morgan fingerprint density at radius 2 is 2.04 bits per heavy atom. The second-order valence-electron chi connectivity index (χ2n) is 6.28. The molecule has 1 N–H and O–H groups in total. The van der Waals surface area contributed by atoms with Crippen LogP contribution < -0.4 is 10.1 Å². The zero-order valence-electron chi connectivity index (χ0n) is 15.6. The van der Waals surface area contributed by atoms with E-state index in [1.54, 1.807) is 17.9 Å². The molecule has 3 aromatic rings. The molecule has 0 aromatic carbocycles. The van der Waals surface area contributed by atoms with E-state index < -0.39 is 0 Å². The monoisotopic (exact) mass is 375 g/mol. The van der Waals surface area contributed by atoms with Gasteiger partial charge >= 0.3 is 0 Å². The van der Waals surface area contributed by atoms with Crippen molar-refractivity contribution in [1.82, 2.24) is 19.9 Å². The number of nitrogens with zero attached hydrogens (tertiary/aromatic N) is 4. The first kappa shape index (κ1) is 18.1. The highest BCUT2D eigenvalue weighted by atomic mass is 32.1. The number of hydrogen-bond acceptors (Lipinski definition) is 7. The molecule has 0 aliphatic heterocycles. The molecular formula is C17H21N5O3S. The van der Waals surface area contributed by atoms with E-state index in [9.17, 15) is 4.79 Å². The van der Waals surface area contributed by atoms with Gasteiger partial charge in [-0.25, -0.2) is 4.98 Å². The lowest BCUT2D eigenvalue weighted by Gasteiger charge is -2.09. The highest BCUT2D eigenvalue weighted by molar-refractivity contribution is 7.17. The third-order valence-corrected chi connectivity index (χ3v) is 4.81. The number of aryl methyl sites for hydroxylation is 4. The molecule has 1 amide bonds. The maximum Gasteiger partial charge on any atom is 0.267 e. The van der Waals surface area contributed by atoms with Crippen molar-refractivity contribution in [2.24, 2.45) is 7.05 Å². The number of anilines is 1. The SMILES string of the molecule is Cc1nc(-c2c(C)noc2C)sc1C(=O)Nc1cn(C)nc1OC(C)C. The first-order valence-corrected chi connectivity index (χ1v) is 9.00. The molecule has 3 rings (SSSR count). The summed E-state index contributed by atoms with van der Waals surface area (Å²) >= 11 is 1.31. The summed E-state index contributed by atoms with van der Waals surface area (Å²) in [6.45, 7) is 9.30. The molecule has 3 aromatic heterocycles. The second-order valence-corrected chi connectivity index (χ2v) is 7.27. The molecule has 8 nitrogen and oxygen atoms in total. The van der Waals surface area contributed by atoms with Crippen molar-refractivity contribution in [3.63, 3.8) is 0 Å². The maximum absolute atomic E-state index is 12.8. The van der Waals surface area contributed by atoms with Crippen molar-refractivity contribution in [2.75, 3.05) is 5.32 Å². The highest BCUT2D eigenvalue weighted by Gasteiger charge is 2.22. The Bertz CT molecular complexity index is 934. The number of nitrogens with one attached hydrogen (secondary N) is 1. The van der Waals surface area contributed by atoms with E-state index in [0.29, 0.717) is 32.9 Å². The predicted octanol–water partition coefficient (Wildman–Crippen LogP) is 3.50. The average molecular weight is 375 g/mol. The van der Waals surface area contributed by atoms with E-state index in [-0.39, 0.29) is 12.0 Å². The van der Waals surface area contributed by atoms with E-state index in [2.05, 4.69) is 20.6 Å². The molecule has 0 bridgehead atoms. The summed E-state index contributed by atoms with van der Waals surface area (Å²) in [4.78, 5) is 17.8. The van der Waals surface area contributed by atoms with Crippen LogP contribution in [0.3, 0.4) is 0 Å². The molecule has 138 valence electrons. The van der Waals surface area contributed by atoms with E-state index >= 15 is 0 Å². The van der Waals surface area contributed by atoms with Crippen LogP contribution >= 0.6 is 11.3 Å². The first-order chi connectivity index (χ1) is 12.3. The van der Waals surface area contributed by atoms with Gasteiger partial charge in [0, 0.05) is 7.05 Å². The molecule has 0 fully saturated rings. The van der Waals surface area contributed by atoms with Crippen molar-refractivity contribution < 1.29 is 14.1 Å². The van der Waals surface area contributed by atoms with Gasteiger partial charge < -0.3 is 14.6 Å². The lowest BCUT2D eigenvalue weighted by atomic mass is 10.2. The van der Waals surface area contributed by atoms with Crippen LogP contribution in [0.2, 0.25) is 0 Å². The van der Waals surface area contributed by atoms with Crippen LogP contribution in [0.25, 0.3) is 10.6 Å². The third kappa shape index (κ3) is 3.48. The van der Waals surface area contributed by atoms with Crippen LogP contribution in [0.4, 0.5) is 5.69 Å². The van der Waals surface area contributed by atoms with Crippen molar-refractivity contribution >= 4 is 22.9 Å². The molecule has 0 saturated carbocycles. The fourth-order valence-corrected chi connectivity index (χ4v) is 3.65. The van der Waals surface area contributed by atoms with Gasteiger partial charge in [0.15, 0.2) is 0 Å². The smallest absolute Gasteiger partial charge is 0.267 e. The van der Waals surface area contributed by atoms with Crippen molar-refractivity contribution in [2.45, 2.75) is 40.7 Å². The number of ether oxygens (including phenoxy) is 1. The molecule has 3 heterocycles. The minimum atomic E-state index is -0.250. The molecule has 0 aliphatic carbocycles. The summed E-state index contributed by atoms with van der Waals surface area (Å²) in [5, 5.41) is 11.8. The average Bonchev–Trinajstić information content (AvgIpc) is 3.17. The Morgan fingerprint density at radius 1 is 1.31 bits per heavy atom. The Kier molecular flexibility index (Phi) is 4.82. The molecule has 9 heteroatoms. The van der Waals surface area contributed by atoms with Gasteiger partial charge in [-0.1, -0.05) is 5.16 Å². The molecule has 26 heavy (non-hydrogen) atoms. The summed E-state index contributed by atoms with van der Waals surface area (Å²) in [5.41, 5.74) is 2.76. The standard InChI is InChI=1S/C17H21N5O3S/c1-8(2)24-16-12(7-22(6)20-16)19-15(23)14-10(4)18-17(26-14)13-9(3)21-25-11(13)5/h7-8H,1-6H3,(H,19,23). The van der Waals surface area contributed by atoms with Crippen LogP contribution in [0, 0.1) is 20.8 Å². The number of carbonyl (C=O) groups excluding carboxylic acids is 1. The summed E-state index contributed by atoms with van der Waals surface area (Å²) in [7, 11) is 1.77. The lowest BCUT2D eigenvalue weighted by molar-refractivity contribution is 0.102. The predicted molar refractivity (Wildman–Crippen MR) is 98.7 cm³/mol. The second kappa shape index (κ2) is 6.91. The zero-order valence-corrected chi connectivity index (χ0v) is 16.4. The number of hydrogen-bond donors (Lipinski definition) is 1. The van der Waals surface area contributed by atoms with Gasteiger partial charge in [-0.3, -0.25) is 9.48 Å². The van der Waals surface area contributed by atoms with Gasteiger partial charge in [0.1, 0.15) is 21.3 Å². The molecule has 0 aliphatic rings. The van der Waals surface area contributed by atoms with E-state index in [0.717, 1.165) is 11.3 Å². The Morgan fingerprint density at radius 3 is 2.65 bits per heavy atom. The number of rotatable bonds is 5. The summed E-state index contributed by atoms with van der Waals surface area (Å²) in [6, 6.07) is 0. The lowest BCUT2D eigenvalue weighted by Crippen LogP contribution is -2.13. The van der Waals surface area contributed by atoms with Crippen LogP contribution in [0.15, 0.2) is 10.7 Å². The minimum absolute atomic E-state index is 0.0446. The number of aromatic nitrogens is 4. The van der Waals surface area contributed by atoms with Crippen LogP contribution in [-0.2, 0) is 7.05 Å². The van der Waals surface area contributed by atoms with Gasteiger partial charge in [-0.05, 0) is 34.6 Å². The van der Waals surface area contributed by atoms with Gasteiger partial charge in [0.25, 0.3) is 11.8 Å². The van der Waals surface area contributed by atoms with E-state index in [4.69, 9.17) is 9.26 Å². The van der Waals surface area contributed by atoms with Crippen molar-refractivity contribution in [3.8, 4) is 16.5 Å². The van der Waals surface area contributed by atoms with E-state index in [1.165, 1.54) is 11.3 Å². The van der Waals surface area contributed by atoms with Crippen LogP contribution in [0.5, 0.6) is 5.88 Å². The van der Waals surface area contributed by atoms with Gasteiger partial charge in [-0.2, -0.15) is 0 Å². The Balaban J connectivity index is 1.88. The van der Waals surface area contributed by atoms with Gasteiger partial charge in [-0.15, -0.1) is 16.4 Å². The Labute approximate surface area is 155 Å². The summed E-state index contributed by atoms with van der Waals surface area (Å²) in [6.07, 6.45) is 1.66. The van der Waals surface area contributed by atoms with Crippen molar-refractivity contribution in [3.05, 3.63) is 28.2 Å². The highest BCUT2D eigenvalue weighted by Crippen LogP contribution is 2.33. The van der Waals surface area contributed by atoms with Gasteiger partial charge in [0.2, 0.25) is 0 Å². The van der Waals surface area contributed by atoms with Crippen LogP contribution in [0.1, 0.15) is 40.7 Å². The normalized spacial score (nSPS) is 11.2. The third-order valence-electron chi connectivity index (χ3n) is 3.64.